The van der Waals surface area contributed by atoms with Gasteiger partial charge in [0.15, 0.2) is 0 Å². The number of halogens is 1. The summed E-state index contributed by atoms with van der Waals surface area (Å²) in [6.07, 6.45) is 3.62. The van der Waals surface area contributed by atoms with Gasteiger partial charge in [-0.2, -0.15) is 0 Å². The first-order valence-electron chi connectivity index (χ1n) is 2.96. The highest BCUT2D eigenvalue weighted by molar-refractivity contribution is 5.85. The number of hydrogen-bond acceptors (Lipinski definition) is 2. The third-order valence-corrected chi connectivity index (χ3v) is 1.38. The van der Waals surface area contributed by atoms with Crippen LogP contribution < -0.4 is 0 Å². The Bertz CT molecular complexity index is 99.2. The van der Waals surface area contributed by atoms with Crippen LogP contribution in [-0.2, 0) is 9.53 Å². The zero-order valence-electron chi connectivity index (χ0n) is 5.42. The van der Waals surface area contributed by atoms with Gasteiger partial charge in [0.2, 0.25) is 0 Å². The van der Waals surface area contributed by atoms with Crippen molar-refractivity contribution >= 4 is 18.4 Å². The van der Waals surface area contributed by atoms with Crippen molar-refractivity contribution in [2.45, 2.75) is 32.3 Å². The van der Waals surface area contributed by atoms with Crippen molar-refractivity contribution in [3.8, 4) is 0 Å². The Morgan fingerprint density at radius 2 is 2.11 bits per heavy atom. The third-order valence-electron chi connectivity index (χ3n) is 1.38. The molecule has 0 atom stereocenters. The van der Waals surface area contributed by atoms with Crippen LogP contribution in [0.4, 0.5) is 0 Å². The quantitative estimate of drug-likeness (QED) is 0.530. The molecule has 0 radical (unpaired) electrons. The summed E-state index contributed by atoms with van der Waals surface area (Å²) < 4.78 is 4.85. The van der Waals surface area contributed by atoms with Crippen LogP contribution in [0.3, 0.4) is 0 Å². The van der Waals surface area contributed by atoms with Crippen LogP contribution >= 0.6 is 12.4 Å². The predicted molar refractivity (Wildman–Crippen MR) is 36.7 cm³/mol. The van der Waals surface area contributed by atoms with Crippen molar-refractivity contribution in [2.75, 3.05) is 0 Å². The summed E-state index contributed by atoms with van der Waals surface area (Å²) >= 11 is 0. The van der Waals surface area contributed by atoms with E-state index in [0.29, 0.717) is 0 Å². The fraction of sp³-hybridized carbons (Fsp3) is 0.833. The average molecular weight is 151 g/mol. The summed E-state index contributed by atoms with van der Waals surface area (Å²) in [4.78, 5) is 10.2. The lowest BCUT2D eigenvalue weighted by Gasteiger charge is -2.24. The molecule has 0 saturated heterocycles. The lowest BCUT2D eigenvalue weighted by molar-refractivity contribution is -0.150. The average Bonchev–Trinajstić information content (AvgIpc) is 1.55. The molecule has 0 aromatic carbocycles. The number of carbonyl (C=O) groups excluding carboxylic acids is 1. The van der Waals surface area contributed by atoms with Gasteiger partial charge in [-0.1, -0.05) is 0 Å². The number of esters is 1. The van der Waals surface area contributed by atoms with E-state index < -0.39 is 0 Å². The Morgan fingerprint density at radius 3 is 2.22 bits per heavy atom. The van der Waals surface area contributed by atoms with Crippen LogP contribution in [0.1, 0.15) is 26.2 Å². The van der Waals surface area contributed by atoms with E-state index in [2.05, 4.69) is 0 Å². The molecule has 1 fully saturated rings. The van der Waals surface area contributed by atoms with Gasteiger partial charge in [-0.25, -0.2) is 0 Å². The second kappa shape index (κ2) is 3.72. The largest absolute Gasteiger partial charge is 0.463 e. The number of carbonyl (C=O) groups is 1. The van der Waals surface area contributed by atoms with E-state index in [1.807, 2.05) is 0 Å². The molecule has 0 amide bonds. The monoisotopic (exact) mass is 150 g/mol. The maximum atomic E-state index is 10.2. The molecule has 0 N–H and O–H groups in total. The Hall–Kier alpha value is -0.240. The zero-order valence-corrected chi connectivity index (χ0v) is 6.24. The molecule has 3 heteroatoms. The molecule has 0 unspecified atom stereocenters. The molecule has 0 heterocycles. The first-order valence-corrected chi connectivity index (χ1v) is 2.96. The minimum absolute atomic E-state index is 0. The molecular weight excluding hydrogens is 140 g/mol. The van der Waals surface area contributed by atoms with Crippen molar-refractivity contribution in [2.24, 2.45) is 0 Å². The first-order chi connectivity index (χ1) is 3.79. The van der Waals surface area contributed by atoms with Crippen molar-refractivity contribution < 1.29 is 9.53 Å². The first kappa shape index (κ1) is 8.76. The van der Waals surface area contributed by atoms with Crippen molar-refractivity contribution in [1.82, 2.24) is 0 Å². The van der Waals surface area contributed by atoms with E-state index in [1.165, 1.54) is 13.3 Å². The summed E-state index contributed by atoms with van der Waals surface area (Å²) in [6.45, 7) is 1.46. The number of ether oxygens (including phenoxy) is 1. The lowest BCUT2D eigenvalue weighted by atomic mass is 9.96. The molecule has 0 aromatic rings. The summed E-state index contributed by atoms with van der Waals surface area (Å²) in [5.41, 5.74) is 0. The minimum Gasteiger partial charge on any atom is -0.463 e. The molecular formula is C6H11ClO2. The fourth-order valence-electron chi connectivity index (χ4n) is 0.723. The zero-order chi connectivity index (χ0) is 5.98. The SMILES string of the molecule is CC(=O)OC1CCC1.Cl. The van der Waals surface area contributed by atoms with E-state index in [0.717, 1.165) is 12.8 Å². The van der Waals surface area contributed by atoms with Gasteiger partial charge in [0.25, 0.3) is 0 Å². The van der Waals surface area contributed by atoms with Crippen LogP contribution in [0.5, 0.6) is 0 Å². The van der Waals surface area contributed by atoms with Crippen molar-refractivity contribution in [3.05, 3.63) is 0 Å². The summed E-state index contributed by atoms with van der Waals surface area (Å²) in [5.74, 6) is -0.144. The molecule has 1 aliphatic carbocycles. The smallest absolute Gasteiger partial charge is 0.302 e. The fourth-order valence-corrected chi connectivity index (χ4v) is 0.723. The van der Waals surface area contributed by atoms with Crippen LogP contribution in [0, 0.1) is 0 Å². The van der Waals surface area contributed by atoms with E-state index in [1.54, 1.807) is 0 Å². The van der Waals surface area contributed by atoms with Gasteiger partial charge < -0.3 is 4.74 Å². The lowest BCUT2D eigenvalue weighted by Crippen LogP contribution is -2.23. The molecule has 0 bridgehead atoms. The van der Waals surface area contributed by atoms with Gasteiger partial charge in [0.1, 0.15) is 6.10 Å². The molecule has 0 aromatic heterocycles. The van der Waals surface area contributed by atoms with E-state index in [-0.39, 0.29) is 24.5 Å². The van der Waals surface area contributed by atoms with Crippen LogP contribution in [0.25, 0.3) is 0 Å². The molecule has 1 rings (SSSR count). The maximum Gasteiger partial charge on any atom is 0.302 e. The summed E-state index contributed by atoms with van der Waals surface area (Å²) in [6, 6.07) is 0. The van der Waals surface area contributed by atoms with Gasteiger partial charge in [0.05, 0.1) is 0 Å². The minimum atomic E-state index is -0.144. The number of rotatable bonds is 1. The Morgan fingerprint density at radius 1 is 1.56 bits per heavy atom. The highest BCUT2D eigenvalue weighted by Crippen LogP contribution is 2.21. The maximum absolute atomic E-state index is 10.2. The molecule has 2 nitrogen and oxygen atoms in total. The molecule has 0 aliphatic heterocycles. The number of hydrogen-bond donors (Lipinski definition) is 0. The standard InChI is InChI=1S/C6H10O2.ClH/c1-5(7)8-6-3-2-4-6;/h6H,2-4H2,1H3;1H. The summed E-state index contributed by atoms with van der Waals surface area (Å²) in [5, 5.41) is 0. The normalized spacial score (nSPS) is 17.4. The second-order valence-electron chi connectivity index (χ2n) is 2.16. The van der Waals surface area contributed by atoms with E-state index in [9.17, 15) is 4.79 Å². The Labute approximate surface area is 61.0 Å². The molecule has 1 saturated carbocycles. The molecule has 0 spiro atoms. The van der Waals surface area contributed by atoms with Gasteiger partial charge in [-0.3, -0.25) is 4.79 Å². The van der Waals surface area contributed by atoms with Gasteiger partial charge in [-0.05, 0) is 19.3 Å². The van der Waals surface area contributed by atoms with Gasteiger partial charge in [-0.15, -0.1) is 12.4 Å². The highest BCUT2D eigenvalue weighted by atomic mass is 35.5. The summed E-state index contributed by atoms with van der Waals surface area (Å²) in [7, 11) is 0. The third kappa shape index (κ3) is 2.70. The van der Waals surface area contributed by atoms with Gasteiger partial charge in [0, 0.05) is 6.92 Å². The van der Waals surface area contributed by atoms with Crippen LogP contribution in [-0.4, -0.2) is 12.1 Å². The Kier molecular flexibility index (Phi) is 3.62. The van der Waals surface area contributed by atoms with Gasteiger partial charge >= 0.3 is 5.97 Å². The highest BCUT2D eigenvalue weighted by Gasteiger charge is 2.19. The molecule has 1 aliphatic rings. The molecule has 54 valence electrons. The van der Waals surface area contributed by atoms with Crippen LogP contribution in [0.15, 0.2) is 0 Å². The van der Waals surface area contributed by atoms with E-state index in [4.69, 9.17) is 4.74 Å². The van der Waals surface area contributed by atoms with Crippen molar-refractivity contribution in [3.63, 3.8) is 0 Å². The van der Waals surface area contributed by atoms with E-state index >= 15 is 0 Å². The molecule has 9 heavy (non-hydrogen) atoms. The van der Waals surface area contributed by atoms with Crippen LogP contribution in [0.2, 0.25) is 0 Å². The second-order valence-corrected chi connectivity index (χ2v) is 2.16. The predicted octanol–water partition coefficient (Wildman–Crippen LogP) is 1.52. The van der Waals surface area contributed by atoms with Crippen molar-refractivity contribution in [1.29, 1.82) is 0 Å². The Balaban J connectivity index is 0.000000640. The topological polar surface area (TPSA) is 26.3 Å².